The number of ether oxygens (including phenoxy) is 1. The summed E-state index contributed by atoms with van der Waals surface area (Å²) < 4.78 is 5.30. The van der Waals surface area contributed by atoms with Gasteiger partial charge in [-0.05, 0) is 23.8 Å². The maximum Gasteiger partial charge on any atom is 0.272 e. The van der Waals surface area contributed by atoms with Gasteiger partial charge < -0.3 is 9.64 Å². The van der Waals surface area contributed by atoms with Crippen LogP contribution in [0.5, 0.6) is 5.75 Å². The van der Waals surface area contributed by atoms with E-state index in [9.17, 15) is 4.79 Å². The largest absolute Gasteiger partial charge is 0.497 e. The van der Waals surface area contributed by atoms with Crippen LogP contribution in [-0.2, 0) is 0 Å². The zero-order valence-corrected chi connectivity index (χ0v) is 13.4. The molecule has 0 saturated heterocycles. The topological polar surface area (TPSA) is 71.1 Å². The monoisotopic (exact) mass is 320 g/mol. The fourth-order valence-electron chi connectivity index (χ4n) is 3.19. The summed E-state index contributed by atoms with van der Waals surface area (Å²) in [7, 11) is 3.42. The van der Waals surface area contributed by atoms with Crippen LogP contribution in [0.2, 0.25) is 0 Å². The second kappa shape index (κ2) is 5.49. The van der Waals surface area contributed by atoms with Gasteiger partial charge in [-0.1, -0.05) is 18.2 Å². The number of amides is 1. The number of aromatic nitrogens is 3. The van der Waals surface area contributed by atoms with Gasteiger partial charge in [0.25, 0.3) is 5.91 Å². The van der Waals surface area contributed by atoms with Gasteiger partial charge in [-0.2, -0.15) is 5.10 Å². The van der Waals surface area contributed by atoms with Crippen LogP contribution in [0.25, 0.3) is 11.3 Å². The Bertz CT molecular complexity index is 904. The van der Waals surface area contributed by atoms with Crippen molar-refractivity contribution in [2.45, 2.75) is 6.04 Å². The first-order valence-corrected chi connectivity index (χ1v) is 7.60. The highest BCUT2D eigenvalue weighted by Gasteiger charge is 2.40. The van der Waals surface area contributed by atoms with Crippen LogP contribution in [0.15, 0.2) is 48.8 Å². The van der Waals surface area contributed by atoms with Gasteiger partial charge in [-0.25, -0.2) is 0 Å². The van der Waals surface area contributed by atoms with Gasteiger partial charge in [-0.15, -0.1) is 0 Å². The minimum absolute atomic E-state index is 0.0690. The van der Waals surface area contributed by atoms with E-state index in [0.29, 0.717) is 5.69 Å². The van der Waals surface area contributed by atoms with E-state index < -0.39 is 0 Å². The Kier molecular flexibility index (Phi) is 3.30. The van der Waals surface area contributed by atoms with Crippen LogP contribution in [0.3, 0.4) is 0 Å². The molecule has 4 rings (SSSR count). The summed E-state index contributed by atoms with van der Waals surface area (Å²) in [6.07, 6.45) is 3.51. The molecule has 0 spiro atoms. The molecule has 1 aliphatic heterocycles. The average Bonchev–Trinajstić information content (AvgIpc) is 3.16. The Hall–Kier alpha value is -3.15. The highest BCUT2D eigenvalue weighted by molar-refractivity contribution is 6.00. The smallest absolute Gasteiger partial charge is 0.272 e. The van der Waals surface area contributed by atoms with E-state index in [0.717, 1.165) is 28.1 Å². The number of methoxy groups -OCH3 is 1. The molecule has 0 unspecified atom stereocenters. The minimum atomic E-state index is -0.207. The molecule has 1 aromatic carbocycles. The first kappa shape index (κ1) is 14.4. The summed E-state index contributed by atoms with van der Waals surface area (Å²) >= 11 is 0. The molecule has 0 aliphatic carbocycles. The van der Waals surface area contributed by atoms with Crippen LogP contribution in [0, 0.1) is 0 Å². The Morgan fingerprint density at radius 3 is 2.88 bits per heavy atom. The van der Waals surface area contributed by atoms with Gasteiger partial charge in [0.1, 0.15) is 11.4 Å². The number of aromatic amines is 1. The zero-order chi connectivity index (χ0) is 16.7. The van der Waals surface area contributed by atoms with Gasteiger partial charge in [-0.3, -0.25) is 14.9 Å². The molecule has 0 fully saturated rings. The van der Waals surface area contributed by atoms with Gasteiger partial charge in [0.2, 0.25) is 0 Å². The summed E-state index contributed by atoms with van der Waals surface area (Å²) in [6, 6.07) is 11.3. The van der Waals surface area contributed by atoms with Crippen molar-refractivity contribution >= 4 is 5.91 Å². The SMILES string of the molecule is COc1cccc(-c2n[nH]c3c2[C@@H](c2cccnc2)N(C)C3=O)c1. The Labute approximate surface area is 139 Å². The molecule has 120 valence electrons. The molecular weight excluding hydrogens is 304 g/mol. The predicted molar refractivity (Wildman–Crippen MR) is 88.7 cm³/mol. The number of nitrogens with zero attached hydrogens (tertiary/aromatic N) is 3. The van der Waals surface area contributed by atoms with E-state index in [2.05, 4.69) is 15.2 Å². The Morgan fingerprint density at radius 2 is 2.12 bits per heavy atom. The molecule has 1 amide bonds. The van der Waals surface area contributed by atoms with Crippen molar-refractivity contribution in [3.05, 3.63) is 65.6 Å². The second-order valence-corrected chi connectivity index (χ2v) is 5.70. The number of H-pyrrole nitrogens is 1. The quantitative estimate of drug-likeness (QED) is 0.805. The van der Waals surface area contributed by atoms with E-state index in [-0.39, 0.29) is 11.9 Å². The normalized spacial score (nSPS) is 16.3. The third-order valence-corrected chi connectivity index (χ3v) is 4.34. The maximum atomic E-state index is 12.6. The van der Waals surface area contributed by atoms with E-state index >= 15 is 0 Å². The molecule has 0 radical (unpaired) electrons. The zero-order valence-electron chi connectivity index (χ0n) is 13.4. The van der Waals surface area contributed by atoms with Crippen LogP contribution < -0.4 is 4.74 Å². The molecule has 1 aliphatic rings. The molecule has 24 heavy (non-hydrogen) atoms. The molecule has 6 nitrogen and oxygen atoms in total. The average molecular weight is 320 g/mol. The lowest BCUT2D eigenvalue weighted by Gasteiger charge is -2.21. The Balaban J connectivity index is 1.89. The number of nitrogens with one attached hydrogen (secondary N) is 1. The third kappa shape index (κ3) is 2.07. The van der Waals surface area contributed by atoms with Crippen LogP contribution in [0.1, 0.15) is 27.7 Å². The third-order valence-electron chi connectivity index (χ3n) is 4.34. The lowest BCUT2D eigenvalue weighted by Crippen LogP contribution is -2.24. The number of carbonyl (C=O) groups excluding carboxylic acids is 1. The fourth-order valence-corrected chi connectivity index (χ4v) is 3.19. The molecule has 2 aromatic heterocycles. The number of benzene rings is 1. The lowest BCUT2D eigenvalue weighted by molar-refractivity contribution is 0.0787. The number of carbonyl (C=O) groups is 1. The summed E-state index contributed by atoms with van der Waals surface area (Å²) in [6.45, 7) is 0. The summed E-state index contributed by atoms with van der Waals surface area (Å²) in [5.74, 6) is 0.681. The first-order chi connectivity index (χ1) is 11.7. The van der Waals surface area contributed by atoms with Gasteiger partial charge in [0.05, 0.1) is 18.8 Å². The molecule has 0 bridgehead atoms. The van der Waals surface area contributed by atoms with Crippen LogP contribution in [-0.4, -0.2) is 40.1 Å². The standard InChI is InChI=1S/C18H16N4O2/c1-22-17(12-6-4-8-19-10-12)14-15(20-21-16(14)18(22)23)11-5-3-7-13(9-11)24-2/h3-10,17H,1-2H3,(H,20,21)/t17-/m1/s1. The summed E-state index contributed by atoms with van der Waals surface area (Å²) in [5, 5.41) is 7.30. The molecule has 6 heteroatoms. The van der Waals surface area contributed by atoms with E-state index in [1.54, 1.807) is 31.5 Å². The number of pyridine rings is 1. The van der Waals surface area contributed by atoms with Crippen LogP contribution >= 0.6 is 0 Å². The van der Waals surface area contributed by atoms with Crippen molar-refractivity contribution in [1.29, 1.82) is 0 Å². The van der Waals surface area contributed by atoms with E-state index in [4.69, 9.17) is 4.74 Å². The van der Waals surface area contributed by atoms with Gasteiger partial charge in [0.15, 0.2) is 0 Å². The molecular formula is C18H16N4O2. The molecule has 3 aromatic rings. The molecule has 0 saturated carbocycles. The van der Waals surface area contributed by atoms with Crippen molar-refractivity contribution in [2.75, 3.05) is 14.2 Å². The number of rotatable bonds is 3. The fraction of sp³-hybridized carbons (Fsp3) is 0.167. The number of fused-ring (bicyclic) bond motifs is 1. The van der Waals surface area contributed by atoms with Crippen molar-refractivity contribution in [3.8, 4) is 17.0 Å². The number of hydrogen-bond donors (Lipinski definition) is 1. The second-order valence-electron chi connectivity index (χ2n) is 5.70. The Morgan fingerprint density at radius 1 is 1.25 bits per heavy atom. The minimum Gasteiger partial charge on any atom is -0.497 e. The van der Waals surface area contributed by atoms with E-state index in [1.165, 1.54) is 0 Å². The molecule has 1 N–H and O–H groups in total. The highest BCUT2D eigenvalue weighted by Crippen LogP contribution is 2.41. The highest BCUT2D eigenvalue weighted by atomic mass is 16.5. The van der Waals surface area contributed by atoms with Gasteiger partial charge >= 0.3 is 0 Å². The molecule has 1 atom stereocenters. The molecule has 3 heterocycles. The van der Waals surface area contributed by atoms with Crippen molar-refractivity contribution in [2.24, 2.45) is 0 Å². The summed E-state index contributed by atoms with van der Waals surface area (Å²) in [5.41, 5.74) is 4.03. The van der Waals surface area contributed by atoms with Gasteiger partial charge in [0, 0.05) is 30.6 Å². The predicted octanol–water partition coefficient (Wildman–Crippen LogP) is 2.66. The summed E-state index contributed by atoms with van der Waals surface area (Å²) in [4.78, 5) is 18.5. The maximum absolute atomic E-state index is 12.6. The van der Waals surface area contributed by atoms with Crippen LogP contribution in [0.4, 0.5) is 0 Å². The van der Waals surface area contributed by atoms with Crippen molar-refractivity contribution in [3.63, 3.8) is 0 Å². The first-order valence-electron chi connectivity index (χ1n) is 7.60. The van der Waals surface area contributed by atoms with Crippen molar-refractivity contribution in [1.82, 2.24) is 20.1 Å². The number of hydrogen-bond acceptors (Lipinski definition) is 4. The van der Waals surface area contributed by atoms with E-state index in [1.807, 2.05) is 36.4 Å². The van der Waals surface area contributed by atoms with Crippen molar-refractivity contribution < 1.29 is 9.53 Å². The lowest BCUT2D eigenvalue weighted by atomic mass is 9.97.